The third kappa shape index (κ3) is 2.66. The molecule has 2 saturated heterocycles. The fourth-order valence-electron chi connectivity index (χ4n) is 2.91. The van der Waals surface area contributed by atoms with Gasteiger partial charge >= 0.3 is 5.97 Å². The number of nitrogens with zero attached hydrogens (tertiary/aromatic N) is 1. The van der Waals surface area contributed by atoms with Crippen LogP contribution in [-0.2, 0) is 9.53 Å². The number of aliphatic carboxylic acids is 1. The monoisotopic (exact) mass is 258 g/mol. The number of hydrogen-bond donors (Lipinski definition) is 3. The van der Waals surface area contributed by atoms with Crippen LogP contribution in [0.15, 0.2) is 0 Å². The number of aliphatic hydroxyl groups is 1. The Kier molecular flexibility index (Phi) is 3.64. The summed E-state index contributed by atoms with van der Waals surface area (Å²) in [4.78, 5) is 13.2. The summed E-state index contributed by atoms with van der Waals surface area (Å²) in [5, 5.41) is 21.5. The Labute approximate surface area is 107 Å². The second-order valence-electron chi connectivity index (χ2n) is 5.96. The van der Waals surface area contributed by atoms with Gasteiger partial charge in [-0.25, -0.2) is 0 Å². The van der Waals surface area contributed by atoms with Crippen molar-refractivity contribution in [2.24, 2.45) is 0 Å². The minimum atomic E-state index is -0.777. The predicted molar refractivity (Wildman–Crippen MR) is 65.5 cm³/mol. The van der Waals surface area contributed by atoms with Crippen molar-refractivity contribution in [3.8, 4) is 0 Å². The van der Waals surface area contributed by atoms with E-state index in [1.165, 1.54) is 0 Å². The van der Waals surface area contributed by atoms with E-state index in [2.05, 4.69) is 10.2 Å². The molecule has 2 aliphatic rings. The summed E-state index contributed by atoms with van der Waals surface area (Å²) in [5.74, 6) is -0.777. The Balaban J connectivity index is 2.12. The van der Waals surface area contributed by atoms with Crippen molar-refractivity contribution in [1.29, 1.82) is 0 Å². The molecule has 6 nitrogen and oxygen atoms in total. The Bertz CT molecular complexity index is 328. The maximum absolute atomic E-state index is 11.0. The second kappa shape index (κ2) is 4.77. The van der Waals surface area contributed by atoms with Gasteiger partial charge in [0, 0.05) is 26.2 Å². The van der Waals surface area contributed by atoms with Crippen molar-refractivity contribution >= 4 is 5.97 Å². The molecule has 0 aromatic carbocycles. The van der Waals surface area contributed by atoms with Gasteiger partial charge in [0.25, 0.3) is 0 Å². The average molecular weight is 258 g/mol. The van der Waals surface area contributed by atoms with Gasteiger partial charge in [-0.1, -0.05) is 0 Å². The molecule has 3 N–H and O–H groups in total. The number of carboxylic acid groups (broad SMARTS) is 1. The second-order valence-corrected chi connectivity index (χ2v) is 5.96. The molecule has 2 heterocycles. The van der Waals surface area contributed by atoms with E-state index in [1.54, 1.807) is 0 Å². The fourth-order valence-corrected chi connectivity index (χ4v) is 2.91. The number of carboxylic acids is 1. The van der Waals surface area contributed by atoms with Crippen molar-refractivity contribution in [2.75, 3.05) is 32.8 Å². The molecule has 6 heteroatoms. The van der Waals surface area contributed by atoms with Crippen LogP contribution in [0.2, 0.25) is 0 Å². The van der Waals surface area contributed by atoms with Gasteiger partial charge in [0.1, 0.15) is 0 Å². The SMILES string of the molecule is CC1(C)CN(C2(CC(=O)O)CNC2)CC(CO)O1. The van der Waals surface area contributed by atoms with E-state index >= 15 is 0 Å². The summed E-state index contributed by atoms with van der Waals surface area (Å²) >= 11 is 0. The molecule has 2 fully saturated rings. The molecule has 0 bridgehead atoms. The lowest BCUT2D eigenvalue weighted by molar-refractivity contribution is -0.181. The van der Waals surface area contributed by atoms with E-state index in [0.29, 0.717) is 26.2 Å². The summed E-state index contributed by atoms with van der Waals surface area (Å²) in [6.07, 6.45) is -0.103. The lowest BCUT2D eigenvalue weighted by Gasteiger charge is -2.55. The molecule has 104 valence electrons. The first-order valence-corrected chi connectivity index (χ1v) is 6.33. The van der Waals surface area contributed by atoms with Crippen LogP contribution in [0.5, 0.6) is 0 Å². The molecule has 1 atom stereocenters. The lowest BCUT2D eigenvalue weighted by atomic mass is 9.84. The van der Waals surface area contributed by atoms with E-state index in [-0.39, 0.29) is 30.3 Å². The standard InChI is InChI=1S/C12H22N2O4/c1-11(2)8-14(4-9(5-15)18-11)12(3-10(16)17)6-13-7-12/h9,13,15H,3-8H2,1-2H3,(H,16,17). The van der Waals surface area contributed by atoms with Gasteiger partial charge in [0.15, 0.2) is 0 Å². The highest BCUT2D eigenvalue weighted by Gasteiger charge is 2.48. The first kappa shape index (κ1) is 13.7. The normalized spacial score (nSPS) is 30.7. The summed E-state index contributed by atoms with van der Waals surface area (Å²) in [5.41, 5.74) is -0.674. The van der Waals surface area contributed by atoms with E-state index in [4.69, 9.17) is 9.84 Å². The molecule has 2 rings (SSSR count). The van der Waals surface area contributed by atoms with Crippen LogP contribution in [-0.4, -0.2) is 71.1 Å². The van der Waals surface area contributed by atoms with Gasteiger partial charge in [-0.15, -0.1) is 0 Å². The number of aliphatic hydroxyl groups excluding tert-OH is 1. The smallest absolute Gasteiger partial charge is 0.305 e. The van der Waals surface area contributed by atoms with E-state index in [1.807, 2.05) is 13.8 Å². The van der Waals surface area contributed by atoms with Crippen molar-refractivity contribution in [3.05, 3.63) is 0 Å². The average Bonchev–Trinajstić information content (AvgIpc) is 2.20. The topological polar surface area (TPSA) is 82.0 Å². The largest absolute Gasteiger partial charge is 0.481 e. The van der Waals surface area contributed by atoms with Crippen LogP contribution < -0.4 is 5.32 Å². The van der Waals surface area contributed by atoms with Crippen LogP contribution in [0.3, 0.4) is 0 Å². The van der Waals surface area contributed by atoms with Crippen molar-refractivity contribution in [3.63, 3.8) is 0 Å². The first-order valence-electron chi connectivity index (χ1n) is 6.33. The number of nitrogens with one attached hydrogen (secondary N) is 1. The zero-order chi connectivity index (χ0) is 13.4. The molecule has 2 aliphatic heterocycles. The molecule has 0 radical (unpaired) electrons. The molecular weight excluding hydrogens is 236 g/mol. The molecule has 0 aliphatic carbocycles. The minimum Gasteiger partial charge on any atom is -0.481 e. The molecule has 1 unspecified atom stereocenters. The van der Waals surface area contributed by atoms with Crippen LogP contribution in [0.4, 0.5) is 0 Å². The minimum absolute atomic E-state index is 0.0312. The molecule has 0 aromatic heterocycles. The van der Waals surface area contributed by atoms with Gasteiger partial charge in [-0.05, 0) is 13.8 Å². The summed E-state index contributed by atoms with van der Waals surface area (Å²) in [7, 11) is 0. The quantitative estimate of drug-likeness (QED) is 0.617. The van der Waals surface area contributed by atoms with Crippen molar-refractivity contribution in [2.45, 2.75) is 37.5 Å². The van der Waals surface area contributed by atoms with Crippen molar-refractivity contribution < 1.29 is 19.7 Å². The van der Waals surface area contributed by atoms with Crippen LogP contribution in [0.25, 0.3) is 0 Å². The highest BCUT2D eigenvalue weighted by Crippen LogP contribution is 2.31. The fraction of sp³-hybridized carbons (Fsp3) is 0.917. The molecule has 18 heavy (non-hydrogen) atoms. The number of carbonyl (C=O) groups is 1. The first-order chi connectivity index (χ1) is 8.37. The Morgan fingerprint density at radius 1 is 1.50 bits per heavy atom. The van der Waals surface area contributed by atoms with Gasteiger partial charge in [0.2, 0.25) is 0 Å². The van der Waals surface area contributed by atoms with E-state index < -0.39 is 5.97 Å². The summed E-state index contributed by atoms with van der Waals surface area (Å²) < 4.78 is 5.76. The van der Waals surface area contributed by atoms with Crippen LogP contribution in [0, 0.1) is 0 Å². The summed E-state index contributed by atoms with van der Waals surface area (Å²) in [6, 6.07) is 0. The maximum atomic E-state index is 11.0. The zero-order valence-corrected chi connectivity index (χ0v) is 11.0. The number of rotatable bonds is 4. The molecule has 0 saturated carbocycles. The number of ether oxygens (including phenoxy) is 1. The predicted octanol–water partition coefficient (Wildman–Crippen LogP) is -0.725. The van der Waals surface area contributed by atoms with E-state index in [9.17, 15) is 9.90 Å². The maximum Gasteiger partial charge on any atom is 0.305 e. The van der Waals surface area contributed by atoms with E-state index in [0.717, 1.165) is 0 Å². The molecule has 0 spiro atoms. The Morgan fingerprint density at radius 2 is 2.17 bits per heavy atom. The number of morpholine rings is 1. The third-order valence-corrected chi connectivity index (χ3v) is 3.74. The van der Waals surface area contributed by atoms with Gasteiger partial charge < -0.3 is 20.3 Å². The lowest BCUT2D eigenvalue weighted by Crippen LogP contribution is -2.73. The third-order valence-electron chi connectivity index (χ3n) is 3.74. The van der Waals surface area contributed by atoms with Gasteiger partial charge in [-0.2, -0.15) is 0 Å². The Morgan fingerprint density at radius 3 is 2.61 bits per heavy atom. The van der Waals surface area contributed by atoms with Crippen molar-refractivity contribution in [1.82, 2.24) is 10.2 Å². The highest BCUT2D eigenvalue weighted by atomic mass is 16.5. The van der Waals surface area contributed by atoms with Gasteiger partial charge in [-0.3, -0.25) is 9.69 Å². The highest BCUT2D eigenvalue weighted by molar-refractivity contribution is 5.69. The number of hydrogen-bond acceptors (Lipinski definition) is 5. The molecule has 0 aromatic rings. The molecular formula is C12H22N2O4. The van der Waals surface area contributed by atoms with Crippen LogP contribution >= 0.6 is 0 Å². The Hall–Kier alpha value is -0.690. The van der Waals surface area contributed by atoms with Crippen LogP contribution in [0.1, 0.15) is 20.3 Å². The van der Waals surface area contributed by atoms with Gasteiger partial charge in [0.05, 0.1) is 30.3 Å². The zero-order valence-electron chi connectivity index (χ0n) is 11.0. The summed E-state index contributed by atoms with van der Waals surface area (Å²) in [6.45, 7) is 6.58. The molecule has 0 amide bonds.